The van der Waals surface area contributed by atoms with Crippen LogP contribution in [-0.4, -0.2) is 27.5 Å². The molecule has 1 saturated heterocycles. The standard InChI is InChI=1S/C16H20BrN3/c17-12-5-6-13-14(9-12)19-16(18-13)10-20-8-7-11-3-1-2-4-15(11)20/h5-6,9,11,15H,1-4,7-8,10H2,(H,18,19)/t11-,15-/m0/s1. The van der Waals surface area contributed by atoms with Crippen LogP contribution in [0.2, 0.25) is 0 Å². The molecule has 1 aliphatic carbocycles. The maximum Gasteiger partial charge on any atom is 0.121 e. The molecule has 1 aromatic carbocycles. The summed E-state index contributed by atoms with van der Waals surface area (Å²) < 4.78 is 1.11. The van der Waals surface area contributed by atoms with Crippen LogP contribution in [0.3, 0.4) is 0 Å². The Morgan fingerprint density at radius 1 is 1.25 bits per heavy atom. The molecule has 2 aliphatic rings. The van der Waals surface area contributed by atoms with Gasteiger partial charge < -0.3 is 4.98 Å². The molecule has 20 heavy (non-hydrogen) atoms. The molecule has 1 saturated carbocycles. The fraction of sp³-hybridized carbons (Fsp3) is 0.562. The highest BCUT2D eigenvalue weighted by molar-refractivity contribution is 9.10. The molecule has 1 aromatic heterocycles. The van der Waals surface area contributed by atoms with Crippen molar-refractivity contribution in [3.8, 4) is 0 Å². The van der Waals surface area contributed by atoms with Crippen molar-refractivity contribution in [3.05, 3.63) is 28.5 Å². The van der Waals surface area contributed by atoms with Crippen molar-refractivity contribution < 1.29 is 0 Å². The lowest BCUT2D eigenvalue weighted by Crippen LogP contribution is -2.34. The summed E-state index contributed by atoms with van der Waals surface area (Å²) in [5.41, 5.74) is 2.20. The average Bonchev–Trinajstić information content (AvgIpc) is 3.03. The quantitative estimate of drug-likeness (QED) is 0.897. The third-order valence-electron chi connectivity index (χ3n) is 4.97. The maximum atomic E-state index is 4.74. The Kier molecular flexibility index (Phi) is 3.31. The van der Waals surface area contributed by atoms with E-state index in [0.29, 0.717) is 0 Å². The van der Waals surface area contributed by atoms with E-state index in [1.165, 1.54) is 38.6 Å². The van der Waals surface area contributed by atoms with Gasteiger partial charge in [0.15, 0.2) is 0 Å². The van der Waals surface area contributed by atoms with Gasteiger partial charge in [-0.15, -0.1) is 0 Å². The van der Waals surface area contributed by atoms with Crippen molar-refractivity contribution >= 4 is 27.0 Å². The average molecular weight is 334 g/mol. The molecular weight excluding hydrogens is 314 g/mol. The van der Waals surface area contributed by atoms with Crippen LogP contribution in [0.25, 0.3) is 11.0 Å². The molecule has 0 bridgehead atoms. The summed E-state index contributed by atoms with van der Waals surface area (Å²) in [6, 6.07) is 7.05. The van der Waals surface area contributed by atoms with Crippen LogP contribution in [-0.2, 0) is 6.54 Å². The van der Waals surface area contributed by atoms with E-state index in [-0.39, 0.29) is 0 Å². The van der Waals surface area contributed by atoms with Gasteiger partial charge in [-0.2, -0.15) is 0 Å². The number of halogens is 1. The molecule has 0 unspecified atom stereocenters. The number of fused-ring (bicyclic) bond motifs is 2. The Labute approximate surface area is 127 Å². The van der Waals surface area contributed by atoms with Crippen LogP contribution in [0.1, 0.15) is 37.9 Å². The van der Waals surface area contributed by atoms with Crippen LogP contribution in [0.5, 0.6) is 0 Å². The second-order valence-electron chi connectivity index (χ2n) is 6.22. The van der Waals surface area contributed by atoms with E-state index in [2.05, 4.69) is 44.0 Å². The summed E-state index contributed by atoms with van der Waals surface area (Å²) in [5.74, 6) is 2.06. The predicted octanol–water partition coefficient (Wildman–Crippen LogP) is 4.09. The number of nitrogens with one attached hydrogen (secondary N) is 1. The maximum absolute atomic E-state index is 4.74. The van der Waals surface area contributed by atoms with Gasteiger partial charge in [0.05, 0.1) is 17.6 Å². The Balaban J connectivity index is 1.55. The molecule has 4 heteroatoms. The fourth-order valence-electron chi connectivity index (χ4n) is 4.00. The second-order valence-corrected chi connectivity index (χ2v) is 7.13. The lowest BCUT2D eigenvalue weighted by Gasteiger charge is -2.31. The molecule has 2 atom stereocenters. The van der Waals surface area contributed by atoms with Gasteiger partial charge in [0.2, 0.25) is 0 Å². The van der Waals surface area contributed by atoms with E-state index >= 15 is 0 Å². The van der Waals surface area contributed by atoms with Gasteiger partial charge in [0.25, 0.3) is 0 Å². The summed E-state index contributed by atoms with van der Waals surface area (Å²) >= 11 is 3.52. The third-order valence-corrected chi connectivity index (χ3v) is 5.46. The first-order valence-corrected chi connectivity index (χ1v) is 8.47. The summed E-state index contributed by atoms with van der Waals surface area (Å²) in [4.78, 5) is 10.9. The van der Waals surface area contributed by atoms with E-state index in [0.717, 1.165) is 39.8 Å². The lowest BCUT2D eigenvalue weighted by atomic mass is 9.85. The summed E-state index contributed by atoms with van der Waals surface area (Å²) in [5, 5.41) is 0. The minimum Gasteiger partial charge on any atom is -0.341 e. The zero-order chi connectivity index (χ0) is 13.5. The molecule has 0 spiro atoms. The Morgan fingerprint density at radius 2 is 2.15 bits per heavy atom. The van der Waals surface area contributed by atoms with Gasteiger partial charge in [0, 0.05) is 10.5 Å². The third kappa shape index (κ3) is 2.29. The summed E-state index contributed by atoms with van der Waals surface area (Å²) in [6.45, 7) is 2.23. The van der Waals surface area contributed by atoms with Crippen molar-refractivity contribution in [1.82, 2.24) is 14.9 Å². The van der Waals surface area contributed by atoms with Gasteiger partial charge in [0.1, 0.15) is 5.82 Å². The molecule has 3 nitrogen and oxygen atoms in total. The Morgan fingerprint density at radius 3 is 3.10 bits per heavy atom. The first kappa shape index (κ1) is 12.8. The van der Waals surface area contributed by atoms with Crippen molar-refractivity contribution in [2.24, 2.45) is 5.92 Å². The van der Waals surface area contributed by atoms with E-state index < -0.39 is 0 Å². The van der Waals surface area contributed by atoms with Crippen molar-refractivity contribution in [2.75, 3.05) is 6.54 Å². The minimum absolute atomic E-state index is 0.809. The number of aromatic nitrogens is 2. The van der Waals surface area contributed by atoms with E-state index in [4.69, 9.17) is 4.98 Å². The number of likely N-dealkylation sites (tertiary alicyclic amines) is 1. The number of rotatable bonds is 2. The number of imidazole rings is 1. The number of hydrogen-bond donors (Lipinski definition) is 1. The number of benzene rings is 1. The molecular formula is C16H20BrN3. The number of nitrogens with zero attached hydrogens (tertiary/aromatic N) is 2. The highest BCUT2D eigenvalue weighted by Crippen LogP contribution is 2.36. The molecule has 106 valence electrons. The molecule has 1 N–H and O–H groups in total. The molecule has 2 heterocycles. The van der Waals surface area contributed by atoms with Crippen molar-refractivity contribution in [1.29, 1.82) is 0 Å². The Hall–Kier alpha value is -0.870. The topological polar surface area (TPSA) is 31.9 Å². The number of H-pyrrole nitrogens is 1. The predicted molar refractivity (Wildman–Crippen MR) is 84.6 cm³/mol. The van der Waals surface area contributed by atoms with E-state index in [9.17, 15) is 0 Å². The number of hydrogen-bond acceptors (Lipinski definition) is 2. The molecule has 2 aromatic rings. The first-order chi connectivity index (χ1) is 9.79. The lowest BCUT2D eigenvalue weighted by molar-refractivity contribution is 0.173. The highest BCUT2D eigenvalue weighted by Gasteiger charge is 2.35. The van der Waals surface area contributed by atoms with Gasteiger partial charge in [-0.1, -0.05) is 28.8 Å². The van der Waals surface area contributed by atoms with Crippen LogP contribution in [0.15, 0.2) is 22.7 Å². The van der Waals surface area contributed by atoms with Gasteiger partial charge in [-0.05, 0) is 49.9 Å². The second kappa shape index (κ2) is 5.15. The van der Waals surface area contributed by atoms with Crippen LogP contribution < -0.4 is 0 Å². The van der Waals surface area contributed by atoms with Crippen LogP contribution in [0.4, 0.5) is 0 Å². The fourth-order valence-corrected chi connectivity index (χ4v) is 4.36. The monoisotopic (exact) mass is 333 g/mol. The molecule has 4 rings (SSSR count). The first-order valence-electron chi connectivity index (χ1n) is 7.68. The molecule has 2 fully saturated rings. The minimum atomic E-state index is 0.809. The van der Waals surface area contributed by atoms with E-state index in [1.807, 2.05) is 0 Å². The molecule has 0 radical (unpaired) electrons. The van der Waals surface area contributed by atoms with Gasteiger partial charge >= 0.3 is 0 Å². The molecule has 0 amide bonds. The normalized spacial score (nSPS) is 27.1. The van der Waals surface area contributed by atoms with E-state index in [1.54, 1.807) is 0 Å². The largest absolute Gasteiger partial charge is 0.341 e. The van der Waals surface area contributed by atoms with Gasteiger partial charge in [-0.3, -0.25) is 4.90 Å². The smallest absolute Gasteiger partial charge is 0.121 e. The zero-order valence-corrected chi connectivity index (χ0v) is 13.2. The van der Waals surface area contributed by atoms with Crippen molar-refractivity contribution in [3.63, 3.8) is 0 Å². The molecule has 1 aliphatic heterocycles. The number of aromatic amines is 1. The van der Waals surface area contributed by atoms with Gasteiger partial charge in [-0.25, -0.2) is 4.98 Å². The summed E-state index contributed by atoms with van der Waals surface area (Å²) in [7, 11) is 0. The van der Waals surface area contributed by atoms with Crippen LogP contribution >= 0.6 is 15.9 Å². The summed E-state index contributed by atoms with van der Waals surface area (Å²) in [6.07, 6.45) is 7.06. The highest BCUT2D eigenvalue weighted by atomic mass is 79.9. The van der Waals surface area contributed by atoms with Crippen molar-refractivity contribution in [2.45, 2.75) is 44.7 Å². The Bertz CT molecular complexity index is 621. The van der Waals surface area contributed by atoms with Crippen LogP contribution in [0, 0.1) is 5.92 Å². The zero-order valence-electron chi connectivity index (χ0n) is 11.6. The SMILES string of the molecule is Brc1ccc2nc(CN3CC[C@@H]4CCCC[C@@H]43)[nH]c2c1.